The van der Waals surface area contributed by atoms with E-state index in [1.54, 1.807) is 36.7 Å². The summed E-state index contributed by atoms with van der Waals surface area (Å²) >= 11 is 0. The summed E-state index contributed by atoms with van der Waals surface area (Å²) in [6.45, 7) is 0.354. The van der Waals surface area contributed by atoms with Gasteiger partial charge in [-0.05, 0) is 35.9 Å². The number of hydrogen-bond acceptors (Lipinski definition) is 4. The maximum absolute atomic E-state index is 13.5. The molecule has 2 N–H and O–H groups in total. The summed E-state index contributed by atoms with van der Waals surface area (Å²) in [6, 6.07) is 14.8. The van der Waals surface area contributed by atoms with Crippen LogP contribution in [0.1, 0.15) is 23.5 Å². The summed E-state index contributed by atoms with van der Waals surface area (Å²) in [7, 11) is 0. The number of nitrogens with one attached hydrogen (secondary N) is 2. The van der Waals surface area contributed by atoms with Crippen LogP contribution in [0.25, 0.3) is 0 Å². The highest BCUT2D eigenvalue weighted by Gasteiger charge is 2.31. The first kappa shape index (κ1) is 18.6. The minimum atomic E-state index is -0.695. The van der Waals surface area contributed by atoms with E-state index in [9.17, 15) is 14.0 Å². The highest BCUT2D eigenvalue weighted by atomic mass is 19.1. The molecule has 29 heavy (non-hydrogen) atoms. The van der Waals surface area contributed by atoms with Gasteiger partial charge in [-0.25, -0.2) is 4.39 Å². The highest BCUT2D eigenvalue weighted by Crippen LogP contribution is 2.33. The number of hydrogen-bond donors (Lipinski definition) is 2. The number of ether oxygens (including phenoxy) is 1. The largest absolute Gasteiger partial charge is 0.489 e. The van der Waals surface area contributed by atoms with E-state index in [-0.39, 0.29) is 18.2 Å². The number of nitrogens with zero attached hydrogens (tertiary/aromatic N) is 1. The lowest BCUT2D eigenvalue weighted by Gasteiger charge is -2.25. The molecule has 2 heterocycles. The maximum atomic E-state index is 13.5. The Kier molecular flexibility index (Phi) is 5.20. The van der Waals surface area contributed by atoms with Gasteiger partial charge in [-0.2, -0.15) is 0 Å². The van der Waals surface area contributed by atoms with Crippen molar-refractivity contribution >= 4 is 23.2 Å². The van der Waals surface area contributed by atoms with Crippen molar-refractivity contribution in [2.24, 2.45) is 0 Å². The third kappa shape index (κ3) is 4.40. The third-order valence-corrected chi connectivity index (χ3v) is 4.60. The number of amides is 2. The molecule has 4 rings (SSSR count). The topological polar surface area (TPSA) is 80.3 Å². The number of benzene rings is 2. The molecule has 1 aliphatic rings. The van der Waals surface area contributed by atoms with E-state index in [2.05, 4.69) is 15.6 Å². The van der Waals surface area contributed by atoms with Gasteiger partial charge in [0.15, 0.2) is 0 Å². The molecule has 2 amide bonds. The number of carbonyl (C=O) groups excluding carboxylic acids is 2. The Hall–Kier alpha value is -3.74. The van der Waals surface area contributed by atoms with Gasteiger partial charge >= 0.3 is 0 Å². The molecule has 1 aliphatic heterocycles. The Morgan fingerprint density at radius 3 is 2.93 bits per heavy atom. The maximum Gasteiger partial charge on any atom is 0.232 e. The average Bonchev–Trinajstić information content (AvgIpc) is 2.72. The molecule has 1 atom stereocenters. The van der Waals surface area contributed by atoms with Crippen LogP contribution in [-0.4, -0.2) is 16.8 Å². The molecule has 3 aromatic rings. The summed E-state index contributed by atoms with van der Waals surface area (Å²) in [5, 5.41) is 5.43. The van der Waals surface area contributed by atoms with Crippen LogP contribution in [0.4, 0.5) is 15.8 Å². The van der Waals surface area contributed by atoms with Gasteiger partial charge in [-0.1, -0.05) is 18.2 Å². The molecule has 0 aliphatic carbocycles. The molecule has 0 saturated heterocycles. The standard InChI is InChI=1S/C22H18FN3O3/c23-15-6-7-18-19(11-21(27)26-20(18)9-15)22(28)25-16-4-1-5-17(10-16)29-13-14-3-2-8-24-12-14/h1-10,12,19H,11,13H2,(H,25,28)(H,26,27). The average molecular weight is 391 g/mol. The number of halogens is 1. The van der Waals surface area contributed by atoms with E-state index in [1.165, 1.54) is 18.2 Å². The second kappa shape index (κ2) is 8.10. The number of aromatic nitrogens is 1. The van der Waals surface area contributed by atoms with E-state index in [4.69, 9.17) is 4.74 Å². The van der Waals surface area contributed by atoms with Gasteiger partial charge in [0.05, 0.1) is 5.92 Å². The van der Waals surface area contributed by atoms with Crippen LogP contribution < -0.4 is 15.4 Å². The molecule has 7 heteroatoms. The van der Waals surface area contributed by atoms with Gasteiger partial charge in [-0.3, -0.25) is 14.6 Å². The molecule has 0 radical (unpaired) electrons. The predicted molar refractivity (Wildman–Crippen MR) is 106 cm³/mol. The molecule has 0 saturated carbocycles. The fourth-order valence-corrected chi connectivity index (χ4v) is 3.21. The number of rotatable bonds is 5. The number of pyridine rings is 1. The van der Waals surface area contributed by atoms with Crippen LogP contribution in [0.3, 0.4) is 0 Å². The molecular formula is C22H18FN3O3. The van der Waals surface area contributed by atoms with Crippen molar-refractivity contribution in [1.82, 2.24) is 4.98 Å². The highest BCUT2D eigenvalue weighted by molar-refractivity contribution is 6.05. The fourth-order valence-electron chi connectivity index (χ4n) is 3.21. The van der Waals surface area contributed by atoms with Gasteiger partial charge in [-0.15, -0.1) is 0 Å². The molecule has 0 spiro atoms. The zero-order valence-electron chi connectivity index (χ0n) is 15.4. The molecule has 1 unspecified atom stereocenters. The molecule has 0 fully saturated rings. The zero-order chi connectivity index (χ0) is 20.2. The number of anilines is 2. The van der Waals surface area contributed by atoms with Gasteiger partial charge in [0.1, 0.15) is 18.2 Å². The SMILES string of the molecule is O=C1CC(C(=O)Nc2cccc(OCc3cccnc3)c2)c2ccc(F)cc2N1. The summed E-state index contributed by atoms with van der Waals surface area (Å²) in [4.78, 5) is 28.8. The van der Waals surface area contributed by atoms with Crippen molar-refractivity contribution in [1.29, 1.82) is 0 Å². The molecule has 6 nitrogen and oxygen atoms in total. The van der Waals surface area contributed by atoms with Crippen LogP contribution in [0.5, 0.6) is 5.75 Å². The normalized spacial score (nSPS) is 15.2. The number of fused-ring (bicyclic) bond motifs is 1. The lowest BCUT2D eigenvalue weighted by molar-refractivity contribution is -0.123. The summed E-state index contributed by atoms with van der Waals surface area (Å²) in [6.07, 6.45) is 3.42. The van der Waals surface area contributed by atoms with E-state index >= 15 is 0 Å². The van der Waals surface area contributed by atoms with Crippen LogP contribution in [0, 0.1) is 5.82 Å². The Labute approximate surface area is 166 Å². The van der Waals surface area contributed by atoms with Gasteiger partial charge in [0.2, 0.25) is 11.8 Å². The minimum Gasteiger partial charge on any atom is -0.489 e. The van der Waals surface area contributed by atoms with Crippen molar-refractivity contribution in [3.05, 3.63) is 83.9 Å². The van der Waals surface area contributed by atoms with Gasteiger partial charge < -0.3 is 15.4 Å². The zero-order valence-corrected chi connectivity index (χ0v) is 15.4. The van der Waals surface area contributed by atoms with Crippen molar-refractivity contribution in [2.45, 2.75) is 18.9 Å². The fraction of sp³-hybridized carbons (Fsp3) is 0.136. The number of carbonyl (C=O) groups is 2. The van der Waals surface area contributed by atoms with Crippen molar-refractivity contribution in [3.8, 4) is 5.75 Å². The third-order valence-electron chi connectivity index (χ3n) is 4.60. The first-order chi connectivity index (χ1) is 14.1. The summed E-state index contributed by atoms with van der Waals surface area (Å²) < 4.78 is 19.2. The van der Waals surface area contributed by atoms with E-state index in [1.807, 2.05) is 12.1 Å². The minimum absolute atomic E-state index is 0.00165. The van der Waals surface area contributed by atoms with Crippen LogP contribution >= 0.6 is 0 Å². The van der Waals surface area contributed by atoms with Crippen LogP contribution in [0.15, 0.2) is 67.0 Å². The van der Waals surface area contributed by atoms with E-state index < -0.39 is 11.7 Å². The van der Waals surface area contributed by atoms with Crippen molar-refractivity contribution in [3.63, 3.8) is 0 Å². The predicted octanol–water partition coefficient (Wildman–Crippen LogP) is 3.86. The lowest BCUT2D eigenvalue weighted by atomic mass is 9.89. The van der Waals surface area contributed by atoms with Crippen molar-refractivity contribution < 1.29 is 18.7 Å². The second-order valence-corrected chi connectivity index (χ2v) is 6.70. The molecule has 146 valence electrons. The summed E-state index contributed by atoms with van der Waals surface area (Å²) in [5.74, 6) is -1.23. The first-order valence-corrected chi connectivity index (χ1v) is 9.10. The lowest BCUT2D eigenvalue weighted by Crippen LogP contribution is -2.30. The quantitative estimate of drug-likeness (QED) is 0.692. The van der Waals surface area contributed by atoms with E-state index in [0.717, 1.165) is 5.56 Å². The molecule has 2 aromatic carbocycles. The Morgan fingerprint density at radius 1 is 1.21 bits per heavy atom. The first-order valence-electron chi connectivity index (χ1n) is 9.10. The monoisotopic (exact) mass is 391 g/mol. The van der Waals surface area contributed by atoms with Crippen LogP contribution in [0.2, 0.25) is 0 Å². The van der Waals surface area contributed by atoms with E-state index in [0.29, 0.717) is 29.3 Å². The Bertz CT molecular complexity index is 1060. The van der Waals surface area contributed by atoms with Gasteiger partial charge in [0, 0.05) is 41.8 Å². The Morgan fingerprint density at radius 2 is 2.10 bits per heavy atom. The molecular weight excluding hydrogens is 373 g/mol. The molecule has 1 aromatic heterocycles. The summed E-state index contributed by atoms with van der Waals surface area (Å²) in [5.41, 5.74) is 2.40. The van der Waals surface area contributed by atoms with Gasteiger partial charge in [0.25, 0.3) is 0 Å². The Balaban J connectivity index is 1.47. The smallest absolute Gasteiger partial charge is 0.232 e. The van der Waals surface area contributed by atoms with Crippen LogP contribution in [-0.2, 0) is 16.2 Å². The molecule has 0 bridgehead atoms. The van der Waals surface area contributed by atoms with Crippen molar-refractivity contribution in [2.75, 3.05) is 10.6 Å². The second-order valence-electron chi connectivity index (χ2n) is 6.70.